The van der Waals surface area contributed by atoms with Crippen molar-refractivity contribution >= 4 is 33.5 Å². The van der Waals surface area contributed by atoms with E-state index in [0.29, 0.717) is 27.2 Å². The molecule has 16 heavy (non-hydrogen) atoms. The molecular formula is C11H9BrClNO2. The fraction of sp³-hybridized carbons (Fsp3) is 0.273. The number of nitrogens with zero attached hydrogens (tertiary/aromatic N) is 1. The summed E-state index contributed by atoms with van der Waals surface area (Å²) < 4.78 is 5.45. The third kappa shape index (κ3) is 3.22. The van der Waals surface area contributed by atoms with Gasteiger partial charge >= 0.3 is 5.97 Å². The number of hydrogen-bond donors (Lipinski definition) is 0. The Kier molecular flexibility index (Phi) is 4.78. The highest BCUT2D eigenvalue weighted by molar-refractivity contribution is 9.10. The quantitative estimate of drug-likeness (QED) is 0.806. The van der Waals surface area contributed by atoms with Crippen LogP contribution in [0.25, 0.3) is 0 Å². The van der Waals surface area contributed by atoms with E-state index in [0.717, 1.165) is 0 Å². The lowest BCUT2D eigenvalue weighted by molar-refractivity contribution is -0.142. The molecule has 1 aromatic carbocycles. The average Bonchev–Trinajstić information content (AvgIpc) is 2.23. The molecule has 0 N–H and O–H groups in total. The van der Waals surface area contributed by atoms with Gasteiger partial charge in [0, 0.05) is 4.47 Å². The van der Waals surface area contributed by atoms with Crippen LogP contribution in [0.15, 0.2) is 16.6 Å². The van der Waals surface area contributed by atoms with Gasteiger partial charge < -0.3 is 4.74 Å². The maximum Gasteiger partial charge on any atom is 0.310 e. The third-order valence-electron chi connectivity index (χ3n) is 1.91. The first-order chi connectivity index (χ1) is 7.58. The predicted molar refractivity (Wildman–Crippen MR) is 64.2 cm³/mol. The molecule has 5 heteroatoms. The van der Waals surface area contributed by atoms with E-state index < -0.39 is 0 Å². The number of ether oxygens (including phenoxy) is 1. The summed E-state index contributed by atoms with van der Waals surface area (Å²) in [4.78, 5) is 11.3. The SMILES string of the molecule is CCOC(=O)Cc1cc(Cl)c(Br)cc1C#N. The van der Waals surface area contributed by atoms with Gasteiger partial charge in [0.2, 0.25) is 0 Å². The monoisotopic (exact) mass is 301 g/mol. The van der Waals surface area contributed by atoms with Crippen molar-refractivity contribution in [3.8, 4) is 6.07 Å². The first kappa shape index (κ1) is 13.0. The molecule has 3 nitrogen and oxygen atoms in total. The second-order valence-electron chi connectivity index (χ2n) is 3.02. The van der Waals surface area contributed by atoms with Gasteiger partial charge in [-0.15, -0.1) is 0 Å². The van der Waals surface area contributed by atoms with Gasteiger partial charge in [-0.3, -0.25) is 4.79 Å². The molecule has 0 aromatic heterocycles. The molecule has 0 saturated heterocycles. The second-order valence-corrected chi connectivity index (χ2v) is 4.28. The van der Waals surface area contributed by atoms with Crippen LogP contribution in [0.2, 0.25) is 5.02 Å². The average molecular weight is 303 g/mol. The molecule has 1 aromatic rings. The number of esters is 1. The molecule has 0 aliphatic carbocycles. The van der Waals surface area contributed by atoms with Crippen molar-refractivity contribution in [1.82, 2.24) is 0 Å². The number of halogens is 2. The molecule has 0 atom stereocenters. The lowest BCUT2D eigenvalue weighted by Gasteiger charge is -2.06. The minimum Gasteiger partial charge on any atom is -0.466 e. The van der Waals surface area contributed by atoms with Crippen LogP contribution in [-0.2, 0) is 16.0 Å². The van der Waals surface area contributed by atoms with E-state index >= 15 is 0 Å². The van der Waals surface area contributed by atoms with Crippen LogP contribution in [0.3, 0.4) is 0 Å². The largest absolute Gasteiger partial charge is 0.466 e. The molecule has 84 valence electrons. The first-order valence-electron chi connectivity index (χ1n) is 4.62. The Labute approximate surface area is 107 Å². The van der Waals surface area contributed by atoms with Crippen LogP contribution >= 0.6 is 27.5 Å². The van der Waals surface area contributed by atoms with Crippen molar-refractivity contribution in [3.05, 3.63) is 32.8 Å². The van der Waals surface area contributed by atoms with E-state index in [-0.39, 0.29) is 12.4 Å². The topological polar surface area (TPSA) is 50.1 Å². The zero-order valence-electron chi connectivity index (χ0n) is 8.59. The smallest absolute Gasteiger partial charge is 0.310 e. The van der Waals surface area contributed by atoms with Crippen LogP contribution in [0.1, 0.15) is 18.1 Å². The van der Waals surface area contributed by atoms with Gasteiger partial charge in [-0.2, -0.15) is 5.26 Å². The fourth-order valence-corrected chi connectivity index (χ4v) is 1.74. The minimum absolute atomic E-state index is 0.0593. The van der Waals surface area contributed by atoms with E-state index in [4.69, 9.17) is 21.6 Å². The second kappa shape index (κ2) is 5.88. The number of benzene rings is 1. The van der Waals surface area contributed by atoms with Crippen molar-refractivity contribution in [3.63, 3.8) is 0 Å². The molecule has 0 bridgehead atoms. The summed E-state index contributed by atoms with van der Waals surface area (Å²) in [5.41, 5.74) is 0.999. The van der Waals surface area contributed by atoms with Gasteiger partial charge in [0.05, 0.1) is 29.7 Å². The molecule has 0 spiro atoms. The van der Waals surface area contributed by atoms with E-state index in [9.17, 15) is 4.79 Å². The number of carbonyl (C=O) groups excluding carboxylic acids is 1. The number of hydrogen-bond acceptors (Lipinski definition) is 3. The molecule has 0 aliphatic heterocycles. The van der Waals surface area contributed by atoms with Gasteiger partial charge in [-0.05, 0) is 40.5 Å². The van der Waals surface area contributed by atoms with Gasteiger partial charge in [0.25, 0.3) is 0 Å². The minimum atomic E-state index is -0.364. The van der Waals surface area contributed by atoms with Crippen LogP contribution in [0, 0.1) is 11.3 Å². The van der Waals surface area contributed by atoms with Crippen molar-refractivity contribution < 1.29 is 9.53 Å². The Morgan fingerprint density at radius 1 is 1.62 bits per heavy atom. The number of nitriles is 1. The molecule has 0 heterocycles. The van der Waals surface area contributed by atoms with Gasteiger partial charge in [-0.1, -0.05) is 11.6 Å². The lowest BCUT2D eigenvalue weighted by Crippen LogP contribution is -2.08. The maximum atomic E-state index is 11.3. The van der Waals surface area contributed by atoms with Gasteiger partial charge in [0.15, 0.2) is 0 Å². The van der Waals surface area contributed by atoms with E-state index in [2.05, 4.69) is 15.9 Å². The standard InChI is InChI=1S/C11H9BrClNO2/c1-2-16-11(15)5-7-4-10(13)9(12)3-8(7)6-14/h3-4H,2,5H2,1H3. The molecule has 0 aliphatic rings. The van der Waals surface area contributed by atoms with Crippen molar-refractivity contribution in [2.24, 2.45) is 0 Å². The van der Waals surface area contributed by atoms with E-state index in [1.165, 1.54) is 0 Å². The third-order valence-corrected chi connectivity index (χ3v) is 3.10. The summed E-state index contributed by atoms with van der Waals surface area (Å²) in [6.45, 7) is 2.06. The van der Waals surface area contributed by atoms with Crippen LogP contribution in [0.4, 0.5) is 0 Å². The van der Waals surface area contributed by atoms with E-state index in [1.807, 2.05) is 6.07 Å². The molecule has 1 rings (SSSR count). The summed E-state index contributed by atoms with van der Waals surface area (Å²) >= 11 is 9.11. The maximum absolute atomic E-state index is 11.3. The zero-order chi connectivity index (χ0) is 12.1. The zero-order valence-corrected chi connectivity index (χ0v) is 10.9. The Bertz CT molecular complexity index is 454. The highest BCUT2D eigenvalue weighted by atomic mass is 79.9. The van der Waals surface area contributed by atoms with Crippen LogP contribution in [0.5, 0.6) is 0 Å². The molecular weight excluding hydrogens is 293 g/mol. The Balaban J connectivity index is 3.00. The predicted octanol–water partition coefficient (Wildman–Crippen LogP) is 3.08. The van der Waals surface area contributed by atoms with Crippen molar-refractivity contribution in [2.75, 3.05) is 6.61 Å². The number of carbonyl (C=O) groups is 1. The molecule has 0 saturated carbocycles. The van der Waals surface area contributed by atoms with Crippen molar-refractivity contribution in [1.29, 1.82) is 5.26 Å². The normalized spacial score (nSPS) is 9.62. The molecule has 0 unspecified atom stereocenters. The summed E-state index contributed by atoms with van der Waals surface area (Å²) in [5.74, 6) is -0.364. The van der Waals surface area contributed by atoms with Gasteiger partial charge in [0.1, 0.15) is 0 Å². The highest BCUT2D eigenvalue weighted by Gasteiger charge is 2.11. The van der Waals surface area contributed by atoms with Crippen LogP contribution in [-0.4, -0.2) is 12.6 Å². The van der Waals surface area contributed by atoms with Gasteiger partial charge in [-0.25, -0.2) is 0 Å². The molecule has 0 radical (unpaired) electrons. The Morgan fingerprint density at radius 2 is 2.31 bits per heavy atom. The first-order valence-corrected chi connectivity index (χ1v) is 5.79. The summed E-state index contributed by atoms with van der Waals surface area (Å²) in [6.07, 6.45) is 0.0593. The fourth-order valence-electron chi connectivity index (χ4n) is 1.21. The summed E-state index contributed by atoms with van der Waals surface area (Å²) in [7, 11) is 0. The highest BCUT2D eigenvalue weighted by Crippen LogP contribution is 2.26. The summed E-state index contributed by atoms with van der Waals surface area (Å²) in [5, 5.41) is 9.38. The summed E-state index contributed by atoms with van der Waals surface area (Å²) in [6, 6.07) is 5.21. The Hall–Kier alpha value is -1.05. The number of rotatable bonds is 3. The molecule has 0 amide bonds. The van der Waals surface area contributed by atoms with E-state index in [1.54, 1.807) is 19.1 Å². The molecule has 0 fully saturated rings. The Morgan fingerprint density at radius 3 is 2.88 bits per heavy atom. The van der Waals surface area contributed by atoms with Crippen LogP contribution < -0.4 is 0 Å². The van der Waals surface area contributed by atoms with Crippen molar-refractivity contribution in [2.45, 2.75) is 13.3 Å². The lowest BCUT2D eigenvalue weighted by atomic mass is 10.1.